The Hall–Kier alpha value is -1.69. The molecular formula is C10H13N5O. The normalized spacial score (nSPS) is 20.7. The quantitative estimate of drug-likeness (QED) is 0.724. The first-order valence-electron chi connectivity index (χ1n) is 5.41. The highest BCUT2D eigenvalue weighted by atomic mass is 16.1. The molecule has 0 saturated carbocycles. The van der Waals surface area contributed by atoms with Gasteiger partial charge in [0.2, 0.25) is 5.65 Å². The number of fused-ring (bicyclic) bond motifs is 1. The van der Waals surface area contributed by atoms with Crippen molar-refractivity contribution in [3.63, 3.8) is 0 Å². The van der Waals surface area contributed by atoms with Gasteiger partial charge in [-0.2, -0.15) is 0 Å². The van der Waals surface area contributed by atoms with E-state index in [2.05, 4.69) is 15.5 Å². The number of nitrogens with zero attached hydrogens (tertiary/aromatic N) is 4. The van der Waals surface area contributed by atoms with Crippen molar-refractivity contribution in [2.24, 2.45) is 7.05 Å². The van der Waals surface area contributed by atoms with Gasteiger partial charge in [-0.3, -0.25) is 9.20 Å². The van der Waals surface area contributed by atoms with Crippen LogP contribution in [0.2, 0.25) is 0 Å². The van der Waals surface area contributed by atoms with E-state index in [1.165, 1.54) is 4.57 Å². The maximum atomic E-state index is 11.8. The number of nitrogens with one attached hydrogen (secondary N) is 1. The smallest absolute Gasteiger partial charge is 0.295 e. The monoisotopic (exact) mass is 219 g/mol. The number of rotatable bonds is 1. The van der Waals surface area contributed by atoms with Crippen LogP contribution in [0, 0.1) is 0 Å². The molecule has 0 radical (unpaired) electrons. The van der Waals surface area contributed by atoms with Crippen LogP contribution in [0.15, 0.2) is 17.2 Å². The molecule has 1 fully saturated rings. The van der Waals surface area contributed by atoms with Gasteiger partial charge < -0.3 is 9.88 Å². The summed E-state index contributed by atoms with van der Waals surface area (Å²) in [5.41, 5.74) is 0.285. The lowest BCUT2D eigenvalue weighted by molar-refractivity contribution is 0.597. The van der Waals surface area contributed by atoms with Gasteiger partial charge in [0.15, 0.2) is 5.82 Å². The predicted molar refractivity (Wildman–Crippen MR) is 58.2 cm³/mol. The highest BCUT2D eigenvalue weighted by molar-refractivity contribution is 5.35. The van der Waals surface area contributed by atoms with Crippen molar-refractivity contribution in [1.82, 2.24) is 24.5 Å². The lowest BCUT2D eigenvalue weighted by Gasteiger charge is -2.07. The third-order valence-corrected chi connectivity index (χ3v) is 3.05. The van der Waals surface area contributed by atoms with Gasteiger partial charge in [0.05, 0.1) is 6.04 Å². The zero-order chi connectivity index (χ0) is 11.1. The molecular weight excluding hydrogens is 206 g/mol. The fourth-order valence-electron chi connectivity index (χ4n) is 2.13. The highest BCUT2D eigenvalue weighted by Crippen LogP contribution is 2.20. The minimum absolute atomic E-state index is 0.112. The van der Waals surface area contributed by atoms with E-state index in [9.17, 15) is 4.79 Å². The Morgan fingerprint density at radius 1 is 1.44 bits per heavy atom. The minimum atomic E-state index is -0.112. The second-order valence-electron chi connectivity index (χ2n) is 4.11. The topological polar surface area (TPSA) is 64.2 Å². The van der Waals surface area contributed by atoms with Crippen molar-refractivity contribution in [3.8, 4) is 0 Å². The molecule has 6 nitrogen and oxygen atoms in total. The Balaban J connectivity index is 2.20. The van der Waals surface area contributed by atoms with Crippen LogP contribution in [0.25, 0.3) is 5.65 Å². The van der Waals surface area contributed by atoms with Crippen molar-refractivity contribution in [1.29, 1.82) is 0 Å². The molecule has 1 aliphatic rings. The summed E-state index contributed by atoms with van der Waals surface area (Å²) >= 11 is 0. The van der Waals surface area contributed by atoms with Gasteiger partial charge in [0, 0.05) is 19.4 Å². The Morgan fingerprint density at radius 2 is 2.31 bits per heavy atom. The maximum absolute atomic E-state index is 11.8. The summed E-state index contributed by atoms with van der Waals surface area (Å²) in [6.07, 6.45) is 5.77. The standard InChI is InChI=1S/C10H13N5O/c1-14-5-6-15-8(7-3-2-4-11-7)12-13-9(15)10(14)16/h5-7,11H,2-4H2,1H3. The molecule has 6 heteroatoms. The Bertz CT molecular complexity index is 578. The van der Waals surface area contributed by atoms with Crippen LogP contribution in [0.4, 0.5) is 0 Å². The molecule has 84 valence electrons. The predicted octanol–water partition coefficient (Wildman–Crippen LogP) is -0.148. The van der Waals surface area contributed by atoms with Crippen molar-refractivity contribution in [3.05, 3.63) is 28.6 Å². The third-order valence-electron chi connectivity index (χ3n) is 3.05. The van der Waals surface area contributed by atoms with E-state index >= 15 is 0 Å². The summed E-state index contributed by atoms with van der Waals surface area (Å²) in [5.74, 6) is 0.838. The Kier molecular flexibility index (Phi) is 2.03. The summed E-state index contributed by atoms with van der Waals surface area (Å²) in [6, 6.07) is 0.224. The summed E-state index contributed by atoms with van der Waals surface area (Å²) in [4.78, 5) is 11.8. The number of aromatic nitrogens is 4. The van der Waals surface area contributed by atoms with E-state index in [0.29, 0.717) is 5.65 Å². The molecule has 1 unspecified atom stereocenters. The highest BCUT2D eigenvalue weighted by Gasteiger charge is 2.22. The van der Waals surface area contributed by atoms with Gasteiger partial charge in [-0.1, -0.05) is 0 Å². The molecule has 0 bridgehead atoms. The van der Waals surface area contributed by atoms with E-state index in [0.717, 1.165) is 25.2 Å². The van der Waals surface area contributed by atoms with Crippen LogP contribution in [-0.2, 0) is 7.05 Å². The van der Waals surface area contributed by atoms with Gasteiger partial charge in [0.25, 0.3) is 5.56 Å². The fourth-order valence-corrected chi connectivity index (χ4v) is 2.13. The van der Waals surface area contributed by atoms with Crippen LogP contribution in [0.1, 0.15) is 24.7 Å². The number of hydrogen-bond acceptors (Lipinski definition) is 4. The Morgan fingerprint density at radius 3 is 3.06 bits per heavy atom. The third kappa shape index (κ3) is 1.26. The zero-order valence-electron chi connectivity index (χ0n) is 9.05. The average Bonchev–Trinajstić information content (AvgIpc) is 2.91. The molecule has 2 aromatic rings. The van der Waals surface area contributed by atoms with Gasteiger partial charge >= 0.3 is 0 Å². The van der Waals surface area contributed by atoms with Crippen LogP contribution in [0.5, 0.6) is 0 Å². The molecule has 0 amide bonds. The van der Waals surface area contributed by atoms with Crippen molar-refractivity contribution >= 4 is 5.65 Å². The molecule has 0 spiro atoms. The Labute approximate surface area is 91.9 Å². The summed E-state index contributed by atoms with van der Waals surface area (Å²) in [6.45, 7) is 1.00. The van der Waals surface area contributed by atoms with Crippen molar-refractivity contribution in [2.75, 3.05) is 6.54 Å². The van der Waals surface area contributed by atoms with Crippen molar-refractivity contribution in [2.45, 2.75) is 18.9 Å². The van der Waals surface area contributed by atoms with Crippen LogP contribution < -0.4 is 10.9 Å². The second-order valence-corrected chi connectivity index (χ2v) is 4.11. The minimum Gasteiger partial charge on any atom is -0.314 e. The molecule has 2 aromatic heterocycles. The lowest BCUT2D eigenvalue weighted by Crippen LogP contribution is -2.20. The SMILES string of the molecule is Cn1ccn2c(C3CCCN3)nnc2c1=O. The second kappa shape index (κ2) is 3.41. The van der Waals surface area contributed by atoms with Crippen LogP contribution >= 0.6 is 0 Å². The zero-order valence-corrected chi connectivity index (χ0v) is 9.05. The molecule has 3 heterocycles. The molecule has 1 atom stereocenters. The van der Waals surface area contributed by atoms with E-state index in [1.807, 2.05) is 6.20 Å². The molecule has 1 saturated heterocycles. The first-order chi connectivity index (χ1) is 7.77. The molecule has 16 heavy (non-hydrogen) atoms. The van der Waals surface area contributed by atoms with Crippen LogP contribution in [-0.4, -0.2) is 25.7 Å². The number of aryl methyl sites for hydroxylation is 1. The van der Waals surface area contributed by atoms with Gasteiger partial charge in [0.1, 0.15) is 0 Å². The fraction of sp³-hybridized carbons (Fsp3) is 0.500. The first-order valence-corrected chi connectivity index (χ1v) is 5.41. The van der Waals surface area contributed by atoms with Gasteiger partial charge in [-0.15, -0.1) is 10.2 Å². The molecule has 0 aliphatic carbocycles. The van der Waals surface area contributed by atoms with E-state index in [1.54, 1.807) is 17.6 Å². The van der Waals surface area contributed by atoms with E-state index in [-0.39, 0.29) is 11.6 Å². The van der Waals surface area contributed by atoms with Crippen molar-refractivity contribution < 1.29 is 0 Å². The molecule has 1 N–H and O–H groups in total. The summed E-state index contributed by atoms with van der Waals surface area (Å²) in [5, 5.41) is 11.4. The molecule has 1 aliphatic heterocycles. The maximum Gasteiger partial charge on any atom is 0.295 e. The summed E-state index contributed by atoms with van der Waals surface area (Å²) in [7, 11) is 1.71. The first kappa shape index (κ1) is 9.53. The van der Waals surface area contributed by atoms with E-state index in [4.69, 9.17) is 0 Å². The van der Waals surface area contributed by atoms with Gasteiger partial charge in [-0.25, -0.2) is 0 Å². The van der Waals surface area contributed by atoms with Crippen LogP contribution in [0.3, 0.4) is 0 Å². The lowest BCUT2D eigenvalue weighted by atomic mass is 10.2. The molecule has 0 aromatic carbocycles. The van der Waals surface area contributed by atoms with E-state index < -0.39 is 0 Å². The molecule has 3 rings (SSSR count). The largest absolute Gasteiger partial charge is 0.314 e. The number of hydrogen-bond donors (Lipinski definition) is 1. The average molecular weight is 219 g/mol. The summed E-state index contributed by atoms with van der Waals surface area (Å²) < 4.78 is 3.29. The van der Waals surface area contributed by atoms with Gasteiger partial charge in [-0.05, 0) is 19.4 Å².